The Labute approximate surface area is 313 Å². The molecule has 1 atom stereocenters. The molecular weight excluding hydrogens is 573 g/mol. The molecule has 0 rings (SSSR count). The normalized spacial score (nSPS) is 12.1. The van der Waals surface area contributed by atoms with Crippen molar-refractivity contribution in [1.82, 2.24) is 4.90 Å². The molecule has 0 aliphatic carbocycles. The quantitative estimate of drug-likeness (QED) is 0.0488. The molecule has 0 fully saturated rings. The van der Waals surface area contributed by atoms with Gasteiger partial charge >= 0.3 is 29.6 Å². The van der Waals surface area contributed by atoms with Crippen molar-refractivity contribution in [2.75, 3.05) is 13.1 Å². The SMILES string of the molecule is CCCCCCCCCCCCCCCCCCN(CCCCCCCCCCCCCCCCCC)C(CCCC)C(=O)[O-].[Na+]. The van der Waals surface area contributed by atoms with Crippen LogP contribution in [0.4, 0.5) is 0 Å². The molecule has 270 valence electrons. The second kappa shape index (κ2) is 41.6. The molecule has 0 saturated heterocycles. The van der Waals surface area contributed by atoms with Crippen LogP contribution in [-0.2, 0) is 4.79 Å². The molecule has 0 aliphatic heterocycles. The van der Waals surface area contributed by atoms with E-state index in [1.54, 1.807) is 0 Å². The molecule has 0 saturated carbocycles. The summed E-state index contributed by atoms with van der Waals surface area (Å²) >= 11 is 0. The van der Waals surface area contributed by atoms with E-state index in [4.69, 9.17) is 0 Å². The smallest absolute Gasteiger partial charge is 0.548 e. The molecule has 3 nitrogen and oxygen atoms in total. The van der Waals surface area contributed by atoms with Gasteiger partial charge in [-0.15, -0.1) is 0 Å². The van der Waals surface area contributed by atoms with Gasteiger partial charge in [-0.3, -0.25) is 4.90 Å². The van der Waals surface area contributed by atoms with E-state index < -0.39 is 12.0 Å². The van der Waals surface area contributed by atoms with E-state index in [0.717, 1.165) is 45.2 Å². The van der Waals surface area contributed by atoms with Crippen molar-refractivity contribution in [1.29, 1.82) is 0 Å². The Morgan fingerprint density at radius 1 is 0.391 bits per heavy atom. The minimum absolute atomic E-state index is 0. The number of carbonyl (C=O) groups excluding carboxylic acids is 1. The van der Waals surface area contributed by atoms with Gasteiger partial charge < -0.3 is 9.90 Å². The van der Waals surface area contributed by atoms with Crippen LogP contribution in [0.2, 0.25) is 0 Å². The largest absolute Gasteiger partial charge is 1.00 e. The second-order valence-electron chi connectivity index (χ2n) is 14.6. The van der Waals surface area contributed by atoms with Crippen LogP contribution < -0.4 is 34.7 Å². The van der Waals surface area contributed by atoms with Crippen molar-refractivity contribution in [3.63, 3.8) is 0 Å². The van der Waals surface area contributed by atoms with E-state index in [2.05, 4.69) is 25.7 Å². The summed E-state index contributed by atoms with van der Waals surface area (Å²) in [5.41, 5.74) is 0. The maximum Gasteiger partial charge on any atom is 1.00 e. The number of aliphatic carboxylic acids is 1. The van der Waals surface area contributed by atoms with Gasteiger partial charge in [-0.2, -0.15) is 0 Å². The first-order valence-electron chi connectivity index (χ1n) is 21.1. The first-order chi connectivity index (χ1) is 22.2. The fraction of sp³-hybridized carbons (Fsp3) is 0.976. The summed E-state index contributed by atoms with van der Waals surface area (Å²) in [5, 5.41) is 12.0. The summed E-state index contributed by atoms with van der Waals surface area (Å²) in [6, 6.07) is -0.391. The molecule has 0 aliphatic rings. The number of hydrogen-bond donors (Lipinski definition) is 0. The first kappa shape index (κ1) is 48.5. The maximum absolute atomic E-state index is 12.0. The molecule has 0 N–H and O–H groups in total. The molecule has 0 radical (unpaired) electrons. The summed E-state index contributed by atoms with van der Waals surface area (Å²) in [5.74, 6) is -0.851. The number of rotatable bonds is 39. The third-order valence-corrected chi connectivity index (χ3v) is 10.1. The maximum atomic E-state index is 12.0. The van der Waals surface area contributed by atoms with Crippen LogP contribution in [0, 0.1) is 0 Å². The van der Waals surface area contributed by atoms with Crippen LogP contribution in [0.3, 0.4) is 0 Å². The van der Waals surface area contributed by atoms with E-state index in [0.29, 0.717) is 0 Å². The molecule has 4 heteroatoms. The van der Waals surface area contributed by atoms with Gasteiger partial charge in [0, 0.05) is 6.04 Å². The third-order valence-electron chi connectivity index (χ3n) is 10.1. The summed E-state index contributed by atoms with van der Waals surface area (Å²) in [7, 11) is 0. The Kier molecular flexibility index (Phi) is 43.9. The summed E-state index contributed by atoms with van der Waals surface area (Å²) in [4.78, 5) is 14.3. The zero-order valence-corrected chi connectivity index (χ0v) is 34.5. The minimum Gasteiger partial charge on any atom is -0.548 e. The topological polar surface area (TPSA) is 43.4 Å². The van der Waals surface area contributed by atoms with Gasteiger partial charge in [0.15, 0.2) is 0 Å². The molecule has 0 aromatic heterocycles. The third kappa shape index (κ3) is 35.7. The zero-order chi connectivity index (χ0) is 32.9. The second-order valence-corrected chi connectivity index (χ2v) is 14.6. The molecule has 0 aromatic carbocycles. The van der Waals surface area contributed by atoms with E-state index in [1.165, 1.54) is 193 Å². The number of unbranched alkanes of at least 4 members (excludes halogenated alkanes) is 31. The molecule has 0 heterocycles. The fourth-order valence-corrected chi connectivity index (χ4v) is 7.00. The Morgan fingerprint density at radius 2 is 0.609 bits per heavy atom. The molecular formula is C42H84NNaO2. The molecule has 0 spiro atoms. The van der Waals surface area contributed by atoms with Crippen molar-refractivity contribution in [3.8, 4) is 0 Å². The van der Waals surface area contributed by atoms with Gasteiger partial charge in [-0.25, -0.2) is 0 Å². The van der Waals surface area contributed by atoms with Gasteiger partial charge in [0.1, 0.15) is 0 Å². The summed E-state index contributed by atoms with van der Waals surface area (Å²) in [6.45, 7) is 8.60. The average Bonchev–Trinajstić information content (AvgIpc) is 3.03. The standard InChI is InChI=1S/C42H85NO2.Na/c1-4-7-10-12-14-16-18-20-22-24-26-28-30-32-34-36-39-43(41(42(44)45)38-9-6-3)40-37-35-33-31-29-27-25-23-21-19-17-15-13-11-8-5-2;/h41H,4-40H2,1-3H3,(H,44,45);/q;+1/p-1. The number of hydrogen-bond acceptors (Lipinski definition) is 3. The molecule has 1 unspecified atom stereocenters. The Hall–Kier alpha value is 0.430. The number of carbonyl (C=O) groups is 1. The molecule has 0 aromatic rings. The average molecular weight is 658 g/mol. The first-order valence-corrected chi connectivity index (χ1v) is 21.1. The predicted octanol–water partition coefficient (Wildman–Crippen LogP) is 10.1. The van der Waals surface area contributed by atoms with Gasteiger partial charge in [0.2, 0.25) is 0 Å². The van der Waals surface area contributed by atoms with Crippen LogP contribution in [0.1, 0.15) is 245 Å². The van der Waals surface area contributed by atoms with Crippen molar-refractivity contribution in [2.24, 2.45) is 0 Å². The zero-order valence-electron chi connectivity index (χ0n) is 32.5. The van der Waals surface area contributed by atoms with Gasteiger partial charge in [-0.05, 0) is 32.4 Å². The van der Waals surface area contributed by atoms with E-state index >= 15 is 0 Å². The van der Waals surface area contributed by atoms with E-state index in [-0.39, 0.29) is 29.6 Å². The Morgan fingerprint density at radius 3 is 0.826 bits per heavy atom. The number of carboxylic acids is 1. The van der Waals surface area contributed by atoms with Gasteiger partial charge in [-0.1, -0.05) is 226 Å². The summed E-state index contributed by atoms with van der Waals surface area (Å²) < 4.78 is 0. The molecule has 0 bridgehead atoms. The van der Waals surface area contributed by atoms with Crippen LogP contribution in [-0.4, -0.2) is 30.0 Å². The molecule has 46 heavy (non-hydrogen) atoms. The predicted molar refractivity (Wildman–Crippen MR) is 199 cm³/mol. The van der Waals surface area contributed by atoms with E-state index in [9.17, 15) is 9.90 Å². The number of carboxylic acid groups (broad SMARTS) is 1. The van der Waals surface area contributed by atoms with Crippen LogP contribution >= 0.6 is 0 Å². The van der Waals surface area contributed by atoms with E-state index in [1.807, 2.05) is 0 Å². The van der Waals surface area contributed by atoms with Crippen LogP contribution in [0.5, 0.6) is 0 Å². The van der Waals surface area contributed by atoms with Crippen molar-refractivity contribution in [2.45, 2.75) is 252 Å². The van der Waals surface area contributed by atoms with Crippen molar-refractivity contribution >= 4 is 5.97 Å². The minimum atomic E-state index is -0.851. The van der Waals surface area contributed by atoms with Crippen LogP contribution in [0.15, 0.2) is 0 Å². The molecule has 0 amide bonds. The Balaban J connectivity index is 0. The van der Waals surface area contributed by atoms with Crippen molar-refractivity contribution < 1.29 is 39.5 Å². The van der Waals surface area contributed by atoms with Gasteiger partial charge in [0.05, 0.1) is 5.97 Å². The van der Waals surface area contributed by atoms with Gasteiger partial charge in [0.25, 0.3) is 0 Å². The summed E-state index contributed by atoms with van der Waals surface area (Å²) in [6.07, 6.45) is 46.8. The monoisotopic (exact) mass is 658 g/mol. The fourth-order valence-electron chi connectivity index (χ4n) is 7.00. The number of nitrogens with zero attached hydrogens (tertiary/aromatic N) is 1. The van der Waals surface area contributed by atoms with Crippen molar-refractivity contribution in [3.05, 3.63) is 0 Å². The van der Waals surface area contributed by atoms with Crippen LogP contribution in [0.25, 0.3) is 0 Å². The Bertz CT molecular complexity index is 536.